The fraction of sp³-hybridized carbons (Fsp3) is 0.261. The molecule has 144 valence electrons. The zero-order valence-electron chi connectivity index (χ0n) is 15.8. The van der Waals surface area contributed by atoms with Crippen LogP contribution in [0.15, 0.2) is 66.7 Å². The van der Waals surface area contributed by atoms with Crippen molar-refractivity contribution in [1.82, 2.24) is 4.90 Å². The molecule has 0 spiro atoms. The topological polar surface area (TPSA) is 54.5 Å². The van der Waals surface area contributed by atoms with Crippen LogP contribution in [0.2, 0.25) is 0 Å². The minimum absolute atomic E-state index is 0.0370. The second-order valence-corrected chi connectivity index (χ2v) is 9.73. The zero-order valence-corrected chi connectivity index (χ0v) is 16.7. The van der Waals surface area contributed by atoms with Gasteiger partial charge in [-0.2, -0.15) is 0 Å². The molecule has 28 heavy (non-hydrogen) atoms. The Bertz CT molecular complexity index is 1130. The smallest absolute Gasteiger partial charge is 0.254 e. The molecule has 1 aliphatic rings. The van der Waals surface area contributed by atoms with Crippen molar-refractivity contribution in [2.75, 3.05) is 11.5 Å². The molecule has 0 aromatic heterocycles. The zero-order chi connectivity index (χ0) is 19.7. The van der Waals surface area contributed by atoms with Crippen LogP contribution in [0, 0.1) is 6.92 Å². The minimum Gasteiger partial charge on any atom is -0.330 e. The summed E-state index contributed by atoms with van der Waals surface area (Å²) in [5.41, 5.74) is 2.64. The second-order valence-electron chi connectivity index (χ2n) is 7.50. The molecule has 0 bridgehead atoms. The van der Waals surface area contributed by atoms with E-state index >= 15 is 0 Å². The summed E-state index contributed by atoms with van der Waals surface area (Å²) in [7, 11) is -3.09. The lowest BCUT2D eigenvalue weighted by Gasteiger charge is -2.29. The molecule has 4 rings (SSSR count). The lowest BCUT2D eigenvalue weighted by atomic mass is 10.0. The summed E-state index contributed by atoms with van der Waals surface area (Å²) < 4.78 is 24.2. The van der Waals surface area contributed by atoms with Gasteiger partial charge in [-0.25, -0.2) is 8.42 Å². The summed E-state index contributed by atoms with van der Waals surface area (Å²) in [4.78, 5) is 15.1. The molecule has 5 heteroatoms. The number of nitrogens with zero attached hydrogens (tertiary/aromatic N) is 1. The first-order valence-corrected chi connectivity index (χ1v) is 11.3. The van der Waals surface area contributed by atoms with Gasteiger partial charge in [0.2, 0.25) is 0 Å². The Morgan fingerprint density at radius 1 is 1.04 bits per heavy atom. The van der Waals surface area contributed by atoms with E-state index in [0.717, 1.165) is 21.9 Å². The number of carbonyl (C=O) groups excluding carboxylic acids is 1. The van der Waals surface area contributed by atoms with E-state index in [2.05, 4.69) is 0 Å². The molecule has 0 aliphatic carbocycles. The standard InChI is InChI=1S/C23H23NO3S/c1-17-6-4-9-19(14-17)23(25)24(21-12-13-28(26,27)16-21)15-20-10-5-8-18-7-2-3-11-22(18)20/h2-11,14,21H,12-13,15-16H2,1H3. The van der Waals surface area contributed by atoms with Crippen molar-refractivity contribution in [2.45, 2.75) is 25.9 Å². The quantitative estimate of drug-likeness (QED) is 0.674. The first-order valence-electron chi connectivity index (χ1n) is 9.48. The number of fused-ring (bicyclic) bond motifs is 1. The van der Waals surface area contributed by atoms with E-state index < -0.39 is 9.84 Å². The monoisotopic (exact) mass is 393 g/mol. The summed E-state index contributed by atoms with van der Waals surface area (Å²) in [5, 5.41) is 2.20. The van der Waals surface area contributed by atoms with E-state index in [9.17, 15) is 13.2 Å². The van der Waals surface area contributed by atoms with Gasteiger partial charge in [-0.3, -0.25) is 4.79 Å². The largest absolute Gasteiger partial charge is 0.330 e. The number of rotatable bonds is 4. The lowest BCUT2D eigenvalue weighted by Crippen LogP contribution is -2.40. The minimum atomic E-state index is -3.09. The van der Waals surface area contributed by atoms with Crippen LogP contribution in [0.4, 0.5) is 0 Å². The maximum absolute atomic E-state index is 13.4. The normalized spacial score (nSPS) is 18.2. The summed E-state index contributed by atoms with van der Waals surface area (Å²) >= 11 is 0. The van der Waals surface area contributed by atoms with Crippen LogP contribution in [0.3, 0.4) is 0 Å². The van der Waals surface area contributed by atoms with Gasteiger partial charge in [0.1, 0.15) is 0 Å². The summed E-state index contributed by atoms with van der Waals surface area (Å²) in [6, 6.07) is 21.3. The number of hydrogen-bond donors (Lipinski definition) is 0. The van der Waals surface area contributed by atoms with E-state index in [1.54, 1.807) is 11.0 Å². The van der Waals surface area contributed by atoms with Gasteiger partial charge in [0.05, 0.1) is 11.5 Å². The number of carbonyl (C=O) groups is 1. The molecule has 3 aromatic carbocycles. The highest BCUT2D eigenvalue weighted by atomic mass is 32.2. The molecule has 1 saturated heterocycles. The lowest BCUT2D eigenvalue weighted by molar-refractivity contribution is 0.0681. The Hall–Kier alpha value is -2.66. The molecule has 1 atom stereocenters. The maximum Gasteiger partial charge on any atom is 0.254 e. The van der Waals surface area contributed by atoms with Crippen LogP contribution in [-0.2, 0) is 16.4 Å². The van der Waals surface area contributed by atoms with Gasteiger partial charge < -0.3 is 4.90 Å². The van der Waals surface area contributed by atoms with Crippen molar-refractivity contribution < 1.29 is 13.2 Å². The van der Waals surface area contributed by atoms with E-state index in [1.165, 1.54) is 0 Å². The number of sulfone groups is 1. The van der Waals surface area contributed by atoms with Crippen molar-refractivity contribution in [3.05, 3.63) is 83.4 Å². The molecule has 0 N–H and O–H groups in total. The molecule has 1 amide bonds. The van der Waals surface area contributed by atoms with Crippen LogP contribution in [-0.4, -0.2) is 36.8 Å². The van der Waals surface area contributed by atoms with Gasteiger partial charge in [-0.05, 0) is 41.8 Å². The van der Waals surface area contributed by atoms with E-state index in [4.69, 9.17) is 0 Å². The van der Waals surface area contributed by atoms with Crippen molar-refractivity contribution in [3.8, 4) is 0 Å². The van der Waals surface area contributed by atoms with Crippen molar-refractivity contribution >= 4 is 26.5 Å². The molecule has 0 saturated carbocycles. The molecule has 1 fully saturated rings. The molecule has 4 nitrogen and oxygen atoms in total. The van der Waals surface area contributed by atoms with Gasteiger partial charge >= 0.3 is 0 Å². The SMILES string of the molecule is Cc1cccc(C(=O)N(Cc2cccc3ccccc23)C2CCS(=O)(=O)C2)c1. The summed E-state index contributed by atoms with van der Waals surface area (Å²) in [6.07, 6.45) is 0.491. The highest BCUT2D eigenvalue weighted by Gasteiger charge is 2.35. The average Bonchev–Trinajstić information content (AvgIpc) is 3.05. The number of aryl methyl sites for hydroxylation is 1. The summed E-state index contributed by atoms with van der Waals surface area (Å²) in [6.45, 7) is 2.35. The number of benzene rings is 3. The third-order valence-corrected chi connectivity index (χ3v) is 7.15. The van der Waals surface area contributed by atoms with Gasteiger partial charge in [0.15, 0.2) is 9.84 Å². The Balaban J connectivity index is 1.73. The number of amides is 1. The molecule has 0 radical (unpaired) electrons. The van der Waals surface area contributed by atoms with Gasteiger partial charge in [0.25, 0.3) is 5.91 Å². The molecular formula is C23H23NO3S. The Morgan fingerprint density at radius 2 is 1.79 bits per heavy atom. The molecule has 3 aromatic rings. The second kappa shape index (κ2) is 7.40. The fourth-order valence-corrected chi connectivity index (χ4v) is 5.68. The summed E-state index contributed by atoms with van der Waals surface area (Å²) in [5.74, 6) is 0.0684. The fourth-order valence-electron chi connectivity index (χ4n) is 3.95. The van der Waals surface area contributed by atoms with Crippen LogP contribution >= 0.6 is 0 Å². The third-order valence-electron chi connectivity index (χ3n) is 5.40. The van der Waals surface area contributed by atoms with Gasteiger partial charge in [0, 0.05) is 18.2 Å². The van der Waals surface area contributed by atoms with Crippen LogP contribution < -0.4 is 0 Å². The van der Waals surface area contributed by atoms with Crippen LogP contribution in [0.5, 0.6) is 0 Å². The highest BCUT2D eigenvalue weighted by molar-refractivity contribution is 7.91. The molecule has 1 heterocycles. The first kappa shape index (κ1) is 18.7. The van der Waals surface area contributed by atoms with E-state index in [1.807, 2.05) is 67.6 Å². The predicted octanol–water partition coefficient (Wildman–Crippen LogP) is 3.98. The van der Waals surface area contributed by atoms with Crippen LogP contribution in [0.1, 0.15) is 27.9 Å². The number of hydrogen-bond acceptors (Lipinski definition) is 3. The average molecular weight is 394 g/mol. The van der Waals surface area contributed by atoms with Crippen molar-refractivity contribution in [2.24, 2.45) is 0 Å². The van der Waals surface area contributed by atoms with Gasteiger partial charge in [-0.15, -0.1) is 0 Å². The maximum atomic E-state index is 13.4. The first-order chi connectivity index (χ1) is 13.4. The van der Waals surface area contributed by atoms with Crippen molar-refractivity contribution in [1.29, 1.82) is 0 Å². The molecule has 1 unspecified atom stereocenters. The Morgan fingerprint density at radius 3 is 2.54 bits per heavy atom. The predicted molar refractivity (Wildman–Crippen MR) is 112 cm³/mol. The van der Waals surface area contributed by atoms with E-state index in [0.29, 0.717) is 18.5 Å². The van der Waals surface area contributed by atoms with Crippen molar-refractivity contribution in [3.63, 3.8) is 0 Å². The highest BCUT2D eigenvalue weighted by Crippen LogP contribution is 2.26. The van der Waals surface area contributed by atoms with Crippen LogP contribution in [0.25, 0.3) is 10.8 Å². The molecular weight excluding hydrogens is 370 g/mol. The van der Waals surface area contributed by atoms with E-state index in [-0.39, 0.29) is 23.5 Å². The Kier molecular flexibility index (Phi) is 4.94. The molecule has 1 aliphatic heterocycles. The third kappa shape index (κ3) is 3.80. The Labute approximate surface area is 165 Å². The van der Waals surface area contributed by atoms with Gasteiger partial charge in [-0.1, -0.05) is 60.2 Å².